The Kier molecular flexibility index (Phi) is 4.99. The monoisotopic (exact) mass is 360 g/mol. The highest BCUT2D eigenvalue weighted by Crippen LogP contribution is 2.38. The number of aryl methyl sites for hydroxylation is 1. The topological polar surface area (TPSA) is 83.7 Å². The predicted molar refractivity (Wildman–Crippen MR) is 91.0 cm³/mol. The molecular weight excluding hydrogens is 344 g/mol. The summed E-state index contributed by atoms with van der Waals surface area (Å²) >= 11 is 1.43. The Labute approximate surface area is 148 Å². The quantitative estimate of drug-likeness (QED) is 0.622. The molecule has 2 aromatic heterocycles. The Morgan fingerprint density at radius 2 is 2.12 bits per heavy atom. The first-order valence-electron chi connectivity index (χ1n) is 7.38. The fourth-order valence-electron chi connectivity index (χ4n) is 2.23. The molecule has 0 amide bonds. The van der Waals surface area contributed by atoms with Gasteiger partial charge in [0.25, 0.3) is 0 Å². The lowest BCUT2D eigenvalue weighted by molar-refractivity contribution is 0.0456. The number of aromatic nitrogens is 2. The van der Waals surface area contributed by atoms with Gasteiger partial charge in [0, 0.05) is 11.4 Å². The van der Waals surface area contributed by atoms with Crippen molar-refractivity contribution >= 4 is 17.3 Å². The molecule has 0 atom stereocenters. The summed E-state index contributed by atoms with van der Waals surface area (Å²) in [6, 6.07) is 7.10. The molecule has 25 heavy (non-hydrogen) atoms. The van der Waals surface area contributed by atoms with E-state index in [0.29, 0.717) is 23.0 Å². The summed E-state index contributed by atoms with van der Waals surface area (Å²) in [5, 5.41) is 6.20. The van der Waals surface area contributed by atoms with Crippen LogP contribution in [0.1, 0.15) is 21.9 Å². The van der Waals surface area contributed by atoms with Crippen LogP contribution < -0.4 is 9.47 Å². The lowest BCUT2D eigenvalue weighted by Crippen LogP contribution is -2.05. The third kappa shape index (κ3) is 3.63. The van der Waals surface area contributed by atoms with Gasteiger partial charge in [-0.2, -0.15) is 0 Å². The molecule has 0 unspecified atom stereocenters. The van der Waals surface area contributed by atoms with E-state index in [9.17, 15) is 4.79 Å². The number of nitrogens with zero attached hydrogens (tertiary/aromatic N) is 2. The van der Waals surface area contributed by atoms with Gasteiger partial charge in [-0.05, 0) is 19.1 Å². The van der Waals surface area contributed by atoms with Gasteiger partial charge in [-0.25, -0.2) is 9.78 Å². The van der Waals surface area contributed by atoms with E-state index in [2.05, 4.69) is 10.1 Å². The molecular formula is C17H16N2O5S. The van der Waals surface area contributed by atoms with Crippen LogP contribution in [0.5, 0.6) is 11.5 Å². The van der Waals surface area contributed by atoms with E-state index in [-0.39, 0.29) is 12.3 Å². The first-order valence-corrected chi connectivity index (χ1v) is 8.26. The zero-order valence-electron chi connectivity index (χ0n) is 13.9. The lowest BCUT2D eigenvalue weighted by Gasteiger charge is -2.10. The number of carbonyl (C=O) groups excluding carboxylic acids is 1. The number of esters is 1. The SMILES string of the molecule is COc1cccc(-c2nc(COC(=O)c3cc(C)on3)cs2)c1OC. The molecule has 0 radical (unpaired) electrons. The van der Waals surface area contributed by atoms with Crippen molar-refractivity contribution in [2.75, 3.05) is 14.2 Å². The Balaban J connectivity index is 1.74. The maximum absolute atomic E-state index is 11.9. The van der Waals surface area contributed by atoms with Crippen molar-refractivity contribution in [3.63, 3.8) is 0 Å². The first kappa shape index (κ1) is 17.0. The Morgan fingerprint density at radius 3 is 2.80 bits per heavy atom. The van der Waals surface area contributed by atoms with E-state index in [4.69, 9.17) is 18.7 Å². The molecule has 0 saturated carbocycles. The molecule has 1 aromatic carbocycles. The summed E-state index contributed by atoms with van der Waals surface area (Å²) in [5.74, 6) is 1.24. The molecule has 0 spiro atoms. The molecule has 0 saturated heterocycles. The molecule has 130 valence electrons. The van der Waals surface area contributed by atoms with Crippen LogP contribution in [0.15, 0.2) is 34.2 Å². The largest absolute Gasteiger partial charge is 0.493 e. The molecule has 3 aromatic rings. The summed E-state index contributed by atoms with van der Waals surface area (Å²) in [4.78, 5) is 16.4. The smallest absolute Gasteiger partial charge is 0.360 e. The van der Waals surface area contributed by atoms with Crippen LogP contribution in [0.2, 0.25) is 0 Å². The van der Waals surface area contributed by atoms with E-state index in [1.807, 2.05) is 23.6 Å². The standard InChI is InChI=1S/C17H16N2O5S/c1-10-7-13(19-24-10)17(20)23-8-11-9-25-16(18-11)12-5-4-6-14(21-2)15(12)22-3/h4-7,9H,8H2,1-3H3. The van der Waals surface area contributed by atoms with Crippen LogP contribution in [0, 0.1) is 6.92 Å². The number of hydrogen-bond donors (Lipinski definition) is 0. The van der Waals surface area contributed by atoms with Gasteiger partial charge in [0.05, 0.1) is 25.5 Å². The number of carbonyl (C=O) groups is 1. The summed E-state index contributed by atoms with van der Waals surface area (Å²) in [5.41, 5.74) is 1.59. The normalized spacial score (nSPS) is 10.5. The van der Waals surface area contributed by atoms with Gasteiger partial charge in [0.2, 0.25) is 0 Å². The van der Waals surface area contributed by atoms with Crippen molar-refractivity contribution in [3.05, 3.63) is 46.8 Å². The number of methoxy groups -OCH3 is 2. The molecule has 3 rings (SSSR count). The van der Waals surface area contributed by atoms with Crippen LogP contribution >= 0.6 is 11.3 Å². The van der Waals surface area contributed by atoms with Gasteiger partial charge >= 0.3 is 5.97 Å². The third-order valence-corrected chi connectivity index (χ3v) is 4.30. The van der Waals surface area contributed by atoms with Crippen molar-refractivity contribution in [1.82, 2.24) is 10.1 Å². The number of thiazole rings is 1. The minimum atomic E-state index is -0.551. The molecule has 0 N–H and O–H groups in total. The van der Waals surface area contributed by atoms with E-state index in [1.165, 1.54) is 17.4 Å². The minimum Gasteiger partial charge on any atom is -0.493 e. The third-order valence-electron chi connectivity index (χ3n) is 3.37. The van der Waals surface area contributed by atoms with Gasteiger partial charge in [0.15, 0.2) is 17.2 Å². The van der Waals surface area contributed by atoms with Crippen LogP contribution in [-0.2, 0) is 11.3 Å². The van der Waals surface area contributed by atoms with Crippen LogP contribution in [-0.4, -0.2) is 30.3 Å². The van der Waals surface area contributed by atoms with Crippen molar-refractivity contribution < 1.29 is 23.5 Å². The van der Waals surface area contributed by atoms with Crippen molar-refractivity contribution in [1.29, 1.82) is 0 Å². The molecule has 0 aliphatic heterocycles. The lowest BCUT2D eigenvalue weighted by atomic mass is 10.2. The van der Waals surface area contributed by atoms with E-state index >= 15 is 0 Å². The van der Waals surface area contributed by atoms with Gasteiger partial charge in [-0.3, -0.25) is 0 Å². The number of hydrogen-bond acceptors (Lipinski definition) is 8. The zero-order valence-corrected chi connectivity index (χ0v) is 14.8. The van der Waals surface area contributed by atoms with Gasteiger partial charge < -0.3 is 18.7 Å². The van der Waals surface area contributed by atoms with Crippen molar-refractivity contribution in [3.8, 4) is 22.1 Å². The van der Waals surface area contributed by atoms with Crippen molar-refractivity contribution in [2.24, 2.45) is 0 Å². The first-order chi connectivity index (χ1) is 12.1. The van der Waals surface area contributed by atoms with Crippen molar-refractivity contribution in [2.45, 2.75) is 13.5 Å². The van der Waals surface area contributed by atoms with E-state index in [1.54, 1.807) is 21.1 Å². The Morgan fingerprint density at radius 1 is 1.28 bits per heavy atom. The highest BCUT2D eigenvalue weighted by molar-refractivity contribution is 7.13. The predicted octanol–water partition coefficient (Wildman–Crippen LogP) is 3.48. The molecule has 0 aliphatic carbocycles. The second-order valence-electron chi connectivity index (χ2n) is 5.08. The van der Waals surface area contributed by atoms with Gasteiger partial charge in [0.1, 0.15) is 17.4 Å². The number of para-hydroxylation sites is 1. The van der Waals surface area contributed by atoms with E-state index < -0.39 is 5.97 Å². The maximum Gasteiger partial charge on any atom is 0.360 e. The number of ether oxygens (including phenoxy) is 3. The fraction of sp³-hybridized carbons (Fsp3) is 0.235. The van der Waals surface area contributed by atoms with Gasteiger partial charge in [-0.15, -0.1) is 11.3 Å². The highest BCUT2D eigenvalue weighted by Gasteiger charge is 2.16. The molecule has 7 nitrogen and oxygen atoms in total. The average Bonchev–Trinajstić information content (AvgIpc) is 3.28. The molecule has 2 heterocycles. The summed E-state index contributed by atoms with van der Waals surface area (Å²) in [7, 11) is 3.16. The fourth-order valence-corrected chi connectivity index (χ4v) is 3.05. The summed E-state index contributed by atoms with van der Waals surface area (Å²) < 4.78 is 20.8. The summed E-state index contributed by atoms with van der Waals surface area (Å²) in [6.45, 7) is 1.76. The van der Waals surface area contributed by atoms with Crippen LogP contribution in [0.4, 0.5) is 0 Å². The molecule has 0 bridgehead atoms. The molecule has 0 aliphatic rings. The van der Waals surface area contributed by atoms with Crippen LogP contribution in [0.25, 0.3) is 10.6 Å². The minimum absolute atomic E-state index is 0.0491. The van der Waals surface area contributed by atoms with E-state index in [0.717, 1.165) is 10.6 Å². The second-order valence-corrected chi connectivity index (χ2v) is 5.94. The Bertz CT molecular complexity index is 887. The Hall–Kier alpha value is -2.87. The zero-order chi connectivity index (χ0) is 17.8. The summed E-state index contributed by atoms with van der Waals surface area (Å²) in [6.07, 6.45) is 0. The number of rotatable bonds is 6. The second kappa shape index (κ2) is 7.35. The molecule has 0 fully saturated rings. The highest BCUT2D eigenvalue weighted by atomic mass is 32.1. The molecule has 8 heteroatoms. The number of benzene rings is 1. The van der Waals surface area contributed by atoms with Crippen LogP contribution in [0.3, 0.4) is 0 Å². The van der Waals surface area contributed by atoms with Gasteiger partial charge in [-0.1, -0.05) is 11.2 Å². The average molecular weight is 360 g/mol. The maximum atomic E-state index is 11.9.